The lowest BCUT2D eigenvalue weighted by atomic mass is 9.69. The molecule has 3 nitrogen and oxygen atoms in total. The average Bonchev–Trinajstić information content (AvgIpc) is 2.52. The van der Waals surface area contributed by atoms with Gasteiger partial charge in [0, 0.05) is 43.7 Å². The smallest absolute Gasteiger partial charge is 0.137 e. The zero-order valence-corrected chi connectivity index (χ0v) is 14.1. The second-order valence-corrected chi connectivity index (χ2v) is 6.51. The van der Waals surface area contributed by atoms with Gasteiger partial charge in [-0.2, -0.15) is 0 Å². The second kappa shape index (κ2) is 7.19. The van der Waals surface area contributed by atoms with Crippen molar-refractivity contribution in [1.82, 2.24) is 4.90 Å². The van der Waals surface area contributed by atoms with E-state index in [0.29, 0.717) is 12.8 Å². The molecule has 1 aliphatic heterocycles. The van der Waals surface area contributed by atoms with E-state index in [1.54, 1.807) is 0 Å². The number of rotatable bonds is 5. The van der Waals surface area contributed by atoms with Crippen LogP contribution in [0.1, 0.15) is 43.7 Å². The van der Waals surface area contributed by atoms with Crippen LogP contribution in [0.3, 0.4) is 0 Å². The van der Waals surface area contributed by atoms with Crippen molar-refractivity contribution in [2.45, 2.75) is 39.5 Å². The lowest BCUT2D eigenvalue weighted by molar-refractivity contribution is -0.130. The minimum Gasteiger partial charge on any atom is -0.305 e. The van der Waals surface area contributed by atoms with Gasteiger partial charge in [0.25, 0.3) is 0 Å². The highest BCUT2D eigenvalue weighted by Crippen LogP contribution is 2.39. The first kappa shape index (κ1) is 16.9. The molecule has 1 heterocycles. The van der Waals surface area contributed by atoms with E-state index in [9.17, 15) is 9.59 Å². The van der Waals surface area contributed by atoms with E-state index in [1.807, 2.05) is 27.0 Å². The van der Waals surface area contributed by atoms with Crippen molar-refractivity contribution >= 4 is 11.6 Å². The summed E-state index contributed by atoms with van der Waals surface area (Å²) in [4.78, 5) is 27.1. The molecular formula is C19H27NO2. The first-order valence-corrected chi connectivity index (χ1v) is 8.28. The SMILES string of the molecule is CCC(=O)[C@H]1CN(C)C[C@@H](C(=O)CC)C1c1cccc(C)c1. The Labute approximate surface area is 133 Å². The number of likely N-dealkylation sites (tertiary alicyclic amines) is 1. The van der Waals surface area contributed by atoms with Gasteiger partial charge in [-0.1, -0.05) is 43.7 Å². The Bertz CT molecular complexity index is 526. The standard InChI is InChI=1S/C19H27NO2/c1-5-17(21)15-11-20(4)12-16(18(22)6-2)19(15)14-9-7-8-13(3)10-14/h7-10,15-16,19H,5-6,11-12H2,1-4H3/t15-,16+,19?. The molecule has 1 aliphatic rings. The summed E-state index contributed by atoms with van der Waals surface area (Å²) in [5.41, 5.74) is 2.33. The molecule has 0 amide bonds. The average molecular weight is 301 g/mol. The fourth-order valence-electron chi connectivity index (χ4n) is 3.72. The lowest BCUT2D eigenvalue weighted by Crippen LogP contribution is -2.48. The van der Waals surface area contributed by atoms with Gasteiger partial charge in [-0.15, -0.1) is 0 Å². The second-order valence-electron chi connectivity index (χ2n) is 6.51. The van der Waals surface area contributed by atoms with Crippen LogP contribution in [0.25, 0.3) is 0 Å². The molecule has 0 aromatic heterocycles. The molecule has 3 atom stereocenters. The molecule has 22 heavy (non-hydrogen) atoms. The minimum absolute atomic E-state index is 0.0241. The van der Waals surface area contributed by atoms with E-state index in [1.165, 1.54) is 5.56 Å². The van der Waals surface area contributed by atoms with E-state index in [4.69, 9.17) is 0 Å². The Hall–Kier alpha value is -1.48. The normalized spacial score (nSPS) is 25.9. The third kappa shape index (κ3) is 3.46. The van der Waals surface area contributed by atoms with Crippen molar-refractivity contribution in [2.24, 2.45) is 11.8 Å². The first-order valence-electron chi connectivity index (χ1n) is 8.28. The number of ketones is 2. The van der Waals surface area contributed by atoms with E-state index >= 15 is 0 Å². The van der Waals surface area contributed by atoms with Crippen LogP contribution >= 0.6 is 0 Å². The van der Waals surface area contributed by atoms with Crippen molar-refractivity contribution in [3.8, 4) is 0 Å². The van der Waals surface area contributed by atoms with Gasteiger partial charge in [-0.05, 0) is 19.5 Å². The highest BCUT2D eigenvalue weighted by Gasteiger charge is 2.42. The van der Waals surface area contributed by atoms with Crippen molar-refractivity contribution in [3.63, 3.8) is 0 Å². The number of carbonyl (C=O) groups excluding carboxylic acids is 2. The van der Waals surface area contributed by atoms with Gasteiger partial charge in [0.15, 0.2) is 0 Å². The predicted octanol–water partition coefficient (Wildman–Crippen LogP) is 3.21. The number of piperidine rings is 1. The van der Waals surface area contributed by atoms with Gasteiger partial charge in [0.2, 0.25) is 0 Å². The molecular weight excluding hydrogens is 274 g/mol. The summed E-state index contributed by atoms with van der Waals surface area (Å²) in [5.74, 6) is 0.409. The molecule has 120 valence electrons. The maximum Gasteiger partial charge on any atom is 0.137 e. The molecule has 0 aliphatic carbocycles. The van der Waals surface area contributed by atoms with Gasteiger partial charge in [-0.3, -0.25) is 9.59 Å². The fraction of sp³-hybridized carbons (Fsp3) is 0.579. The quantitative estimate of drug-likeness (QED) is 0.838. The minimum atomic E-state index is -0.0777. The molecule has 0 bridgehead atoms. The Balaban J connectivity index is 2.46. The van der Waals surface area contributed by atoms with Crippen LogP contribution in [0.4, 0.5) is 0 Å². The van der Waals surface area contributed by atoms with Crippen LogP contribution in [0.5, 0.6) is 0 Å². The molecule has 3 heteroatoms. The number of hydrogen-bond donors (Lipinski definition) is 0. The van der Waals surface area contributed by atoms with E-state index < -0.39 is 0 Å². The number of nitrogens with zero attached hydrogens (tertiary/aromatic N) is 1. The molecule has 1 aromatic rings. The highest BCUT2D eigenvalue weighted by atomic mass is 16.1. The number of aryl methyl sites for hydroxylation is 1. The predicted molar refractivity (Wildman–Crippen MR) is 89.0 cm³/mol. The van der Waals surface area contributed by atoms with Crippen LogP contribution in [0.2, 0.25) is 0 Å². The molecule has 1 unspecified atom stereocenters. The van der Waals surface area contributed by atoms with E-state index in [2.05, 4.69) is 30.0 Å². The fourth-order valence-corrected chi connectivity index (χ4v) is 3.72. The van der Waals surface area contributed by atoms with Crippen molar-refractivity contribution in [3.05, 3.63) is 35.4 Å². The largest absolute Gasteiger partial charge is 0.305 e. The highest BCUT2D eigenvalue weighted by molar-refractivity contribution is 5.86. The van der Waals surface area contributed by atoms with Crippen LogP contribution < -0.4 is 0 Å². The maximum atomic E-state index is 12.5. The molecule has 1 fully saturated rings. The Morgan fingerprint density at radius 3 is 2.09 bits per heavy atom. The lowest BCUT2D eigenvalue weighted by Gasteiger charge is -2.41. The summed E-state index contributed by atoms with van der Waals surface area (Å²) in [6, 6.07) is 8.31. The van der Waals surface area contributed by atoms with Crippen LogP contribution in [-0.4, -0.2) is 36.6 Å². The maximum absolute atomic E-state index is 12.5. The van der Waals surface area contributed by atoms with Crippen molar-refractivity contribution < 1.29 is 9.59 Å². The molecule has 0 spiro atoms. The van der Waals surface area contributed by atoms with Crippen molar-refractivity contribution in [2.75, 3.05) is 20.1 Å². The van der Waals surface area contributed by atoms with E-state index in [0.717, 1.165) is 18.7 Å². The Morgan fingerprint density at radius 2 is 1.64 bits per heavy atom. The third-order valence-corrected chi connectivity index (χ3v) is 4.83. The number of hydrogen-bond acceptors (Lipinski definition) is 3. The van der Waals surface area contributed by atoms with E-state index in [-0.39, 0.29) is 29.3 Å². The monoisotopic (exact) mass is 301 g/mol. The molecule has 0 N–H and O–H groups in total. The van der Waals surface area contributed by atoms with Gasteiger partial charge >= 0.3 is 0 Å². The van der Waals surface area contributed by atoms with Gasteiger partial charge in [0.1, 0.15) is 11.6 Å². The zero-order valence-electron chi connectivity index (χ0n) is 14.1. The third-order valence-electron chi connectivity index (χ3n) is 4.83. The summed E-state index contributed by atoms with van der Waals surface area (Å²) in [6.07, 6.45) is 1.07. The summed E-state index contributed by atoms with van der Waals surface area (Å²) >= 11 is 0. The van der Waals surface area contributed by atoms with Gasteiger partial charge < -0.3 is 4.90 Å². The Kier molecular flexibility index (Phi) is 5.52. The van der Waals surface area contributed by atoms with Gasteiger partial charge in [0.05, 0.1) is 0 Å². The summed E-state index contributed by atoms with van der Waals surface area (Å²) in [5, 5.41) is 0. The Morgan fingerprint density at radius 1 is 1.09 bits per heavy atom. The number of benzene rings is 1. The summed E-state index contributed by atoms with van der Waals surface area (Å²) in [6.45, 7) is 7.39. The summed E-state index contributed by atoms with van der Waals surface area (Å²) in [7, 11) is 2.01. The van der Waals surface area contributed by atoms with Crippen LogP contribution in [-0.2, 0) is 9.59 Å². The molecule has 1 saturated heterocycles. The molecule has 1 aromatic carbocycles. The van der Waals surface area contributed by atoms with Crippen LogP contribution in [0, 0.1) is 18.8 Å². The van der Waals surface area contributed by atoms with Gasteiger partial charge in [-0.25, -0.2) is 0 Å². The van der Waals surface area contributed by atoms with Crippen molar-refractivity contribution in [1.29, 1.82) is 0 Å². The molecule has 2 rings (SSSR count). The zero-order chi connectivity index (χ0) is 16.3. The number of Topliss-reactive ketones (excluding diaryl/α,β-unsaturated/α-hetero) is 2. The first-order chi connectivity index (χ1) is 10.5. The molecule has 0 radical (unpaired) electrons. The molecule has 0 saturated carbocycles. The van der Waals surface area contributed by atoms with Crippen LogP contribution in [0.15, 0.2) is 24.3 Å². The number of carbonyl (C=O) groups is 2. The summed E-state index contributed by atoms with van der Waals surface area (Å²) < 4.78 is 0. The topological polar surface area (TPSA) is 37.4 Å².